The predicted octanol–water partition coefficient (Wildman–Crippen LogP) is 3.25. The Kier molecular flexibility index (Phi) is 4.12. The highest BCUT2D eigenvalue weighted by atomic mass is 16.5. The summed E-state index contributed by atoms with van der Waals surface area (Å²) in [5, 5.41) is 3.53. The van der Waals surface area contributed by atoms with Gasteiger partial charge in [0.2, 0.25) is 0 Å². The fraction of sp³-hybridized carbons (Fsp3) is 0.600. The van der Waals surface area contributed by atoms with Gasteiger partial charge in [0, 0.05) is 17.7 Å². The zero-order valence-electron chi connectivity index (χ0n) is 11.7. The quantitative estimate of drug-likeness (QED) is 0.888. The van der Waals surface area contributed by atoms with Gasteiger partial charge in [0.15, 0.2) is 0 Å². The van der Waals surface area contributed by atoms with Crippen molar-refractivity contribution in [3.05, 3.63) is 23.3 Å². The first kappa shape index (κ1) is 13.2. The molecule has 0 bridgehead atoms. The third-order valence-electron chi connectivity index (χ3n) is 3.64. The number of nitrogens with one attached hydrogen (secondary N) is 1. The Bertz CT molecular complexity index is 409. The normalized spacial score (nSPS) is 19.3. The number of methoxy groups -OCH3 is 2. The maximum absolute atomic E-state index is 5.51. The van der Waals surface area contributed by atoms with Crippen molar-refractivity contribution in [3.8, 4) is 11.5 Å². The lowest BCUT2D eigenvalue weighted by Gasteiger charge is -2.20. The van der Waals surface area contributed by atoms with E-state index >= 15 is 0 Å². The van der Waals surface area contributed by atoms with Gasteiger partial charge in [-0.05, 0) is 36.9 Å². The summed E-state index contributed by atoms with van der Waals surface area (Å²) in [4.78, 5) is 0. The molecule has 1 saturated heterocycles. The fourth-order valence-electron chi connectivity index (χ4n) is 2.62. The molecule has 1 heterocycles. The first-order chi connectivity index (χ1) is 8.67. The van der Waals surface area contributed by atoms with Crippen LogP contribution in [0, 0.1) is 0 Å². The Balaban J connectivity index is 2.46. The molecule has 1 fully saturated rings. The fourth-order valence-corrected chi connectivity index (χ4v) is 2.62. The summed E-state index contributed by atoms with van der Waals surface area (Å²) in [5.41, 5.74) is 2.52. The molecule has 3 heteroatoms. The zero-order valence-corrected chi connectivity index (χ0v) is 11.7. The van der Waals surface area contributed by atoms with E-state index < -0.39 is 0 Å². The minimum Gasteiger partial charge on any atom is -0.496 e. The van der Waals surface area contributed by atoms with E-state index in [4.69, 9.17) is 9.47 Å². The third kappa shape index (κ3) is 2.46. The van der Waals surface area contributed by atoms with Crippen molar-refractivity contribution < 1.29 is 9.47 Å². The van der Waals surface area contributed by atoms with E-state index in [2.05, 4.69) is 25.2 Å². The van der Waals surface area contributed by atoms with Crippen molar-refractivity contribution in [2.75, 3.05) is 20.8 Å². The zero-order chi connectivity index (χ0) is 13.1. The second kappa shape index (κ2) is 5.61. The van der Waals surface area contributed by atoms with Gasteiger partial charge in [-0.2, -0.15) is 0 Å². The van der Waals surface area contributed by atoms with E-state index in [0.29, 0.717) is 12.0 Å². The van der Waals surface area contributed by atoms with Gasteiger partial charge < -0.3 is 14.8 Å². The van der Waals surface area contributed by atoms with Gasteiger partial charge >= 0.3 is 0 Å². The molecular formula is C15H23NO2. The molecule has 0 spiro atoms. The van der Waals surface area contributed by atoms with Crippen LogP contribution in [0.4, 0.5) is 0 Å². The highest BCUT2D eigenvalue weighted by molar-refractivity contribution is 5.49. The van der Waals surface area contributed by atoms with Gasteiger partial charge in [-0.3, -0.25) is 0 Å². The number of benzene rings is 1. The molecule has 1 N–H and O–H groups in total. The van der Waals surface area contributed by atoms with E-state index in [-0.39, 0.29) is 0 Å². The minimum atomic E-state index is 0.420. The van der Waals surface area contributed by atoms with Crippen LogP contribution in [-0.2, 0) is 0 Å². The summed E-state index contributed by atoms with van der Waals surface area (Å²) in [7, 11) is 3.44. The smallest absolute Gasteiger partial charge is 0.127 e. The van der Waals surface area contributed by atoms with Gasteiger partial charge in [-0.1, -0.05) is 13.8 Å². The van der Waals surface area contributed by atoms with Crippen LogP contribution in [0.3, 0.4) is 0 Å². The van der Waals surface area contributed by atoms with Crippen LogP contribution in [0.1, 0.15) is 49.8 Å². The predicted molar refractivity (Wildman–Crippen MR) is 73.6 cm³/mol. The maximum Gasteiger partial charge on any atom is 0.127 e. The lowest BCUT2D eigenvalue weighted by atomic mass is 9.95. The van der Waals surface area contributed by atoms with Crippen molar-refractivity contribution in [2.45, 2.75) is 38.6 Å². The molecule has 100 valence electrons. The van der Waals surface area contributed by atoms with E-state index in [1.807, 2.05) is 6.07 Å². The average Bonchev–Trinajstić information content (AvgIpc) is 2.90. The molecule has 18 heavy (non-hydrogen) atoms. The first-order valence-electron chi connectivity index (χ1n) is 6.66. The molecule has 1 unspecified atom stereocenters. The Hall–Kier alpha value is -1.22. The van der Waals surface area contributed by atoms with Gasteiger partial charge in [0.1, 0.15) is 11.5 Å². The lowest BCUT2D eigenvalue weighted by Crippen LogP contribution is -2.14. The summed E-state index contributed by atoms with van der Waals surface area (Å²) < 4.78 is 11.0. The standard InChI is InChI=1S/C15H23NO2/c1-10(2)11-8-12(13-6-5-7-16-13)15(18-4)9-14(11)17-3/h8-10,13,16H,5-7H2,1-4H3. The largest absolute Gasteiger partial charge is 0.496 e. The van der Waals surface area contributed by atoms with Gasteiger partial charge in [0.25, 0.3) is 0 Å². The van der Waals surface area contributed by atoms with Crippen molar-refractivity contribution >= 4 is 0 Å². The summed E-state index contributed by atoms with van der Waals surface area (Å²) in [6.45, 7) is 5.48. The molecule has 0 saturated carbocycles. The highest BCUT2D eigenvalue weighted by Gasteiger charge is 2.22. The van der Waals surface area contributed by atoms with E-state index in [9.17, 15) is 0 Å². The summed E-state index contributed by atoms with van der Waals surface area (Å²) in [6, 6.07) is 4.68. The molecule has 3 nitrogen and oxygen atoms in total. The Morgan fingerprint density at radius 2 is 1.89 bits per heavy atom. The average molecular weight is 249 g/mol. The van der Waals surface area contributed by atoms with E-state index in [1.54, 1.807) is 14.2 Å². The molecule has 1 aromatic rings. The van der Waals surface area contributed by atoms with Crippen LogP contribution >= 0.6 is 0 Å². The SMILES string of the molecule is COc1cc(OC)c(C2CCCN2)cc1C(C)C. The van der Waals surface area contributed by atoms with Gasteiger partial charge in [-0.25, -0.2) is 0 Å². The molecule has 0 radical (unpaired) electrons. The van der Waals surface area contributed by atoms with Crippen LogP contribution in [0.5, 0.6) is 11.5 Å². The number of ether oxygens (including phenoxy) is 2. The highest BCUT2D eigenvalue weighted by Crippen LogP contribution is 2.38. The molecule has 1 aliphatic rings. The minimum absolute atomic E-state index is 0.420. The number of hydrogen-bond acceptors (Lipinski definition) is 3. The van der Waals surface area contributed by atoms with Crippen molar-refractivity contribution in [2.24, 2.45) is 0 Å². The maximum atomic E-state index is 5.51. The summed E-state index contributed by atoms with van der Waals surface area (Å²) >= 11 is 0. The molecule has 1 aliphatic heterocycles. The Morgan fingerprint density at radius 3 is 2.39 bits per heavy atom. The number of rotatable bonds is 4. The lowest BCUT2D eigenvalue weighted by molar-refractivity contribution is 0.383. The summed E-state index contributed by atoms with van der Waals surface area (Å²) in [6.07, 6.45) is 2.41. The van der Waals surface area contributed by atoms with Crippen molar-refractivity contribution in [1.82, 2.24) is 5.32 Å². The second-order valence-electron chi connectivity index (χ2n) is 5.14. The monoisotopic (exact) mass is 249 g/mol. The van der Waals surface area contributed by atoms with Crippen LogP contribution < -0.4 is 14.8 Å². The molecule has 2 rings (SSSR count). The molecule has 0 aliphatic carbocycles. The first-order valence-corrected chi connectivity index (χ1v) is 6.66. The topological polar surface area (TPSA) is 30.5 Å². The molecular weight excluding hydrogens is 226 g/mol. The van der Waals surface area contributed by atoms with E-state index in [0.717, 1.165) is 18.0 Å². The molecule has 1 aromatic carbocycles. The van der Waals surface area contributed by atoms with Gasteiger partial charge in [-0.15, -0.1) is 0 Å². The molecule has 1 atom stereocenters. The Labute approximate surface area is 109 Å². The van der Waals surface area contributed by atoms with Gasteiger partial charge in [0.05, 0.1) is 14.2 Å². The Morgan fingerprint density at radius 1 is 1.17 bits per heavy atom. The van der Waals surface area contributed by atoms with E-state index in [1.165, 1.54) is 24.0 Å². The second-order valence-corrected chi connectivity index (χ2v) is 5.14. The summed E-state index contributed by atoms with van der Waals surface area (Å²) in [5.74, 6) is 2.30. The van der Waals surface area contributed by atoms with Crippen LogP contribution in [-0.4, -0.2) is 20.8 Å². The van der Waals surface area contributed by atoms with Crippen molar-refractivity contribution in [3.63, 3.8) is 0 Å². The van der Waals surface area contributed by atoms with Crippen LogP contribution in [0.2, 0.25) is 0 Å². The van der Waals surface area contributed by atoms with Crippen LogP contribution in [0.15, 0.2) is 12.1 Å². The molecule has 0 amide bonds. The third-order valence-corrected chi connectivity index (χ3v) is 3.64. The number of hydrogen-bond donors (Lipinski definition) is 1. The van der Waals surface area contributed by atoms with Crippen LogP contribution in [0.25, 0.3) is 0 Å². The van der Waals surface area contributed by atoms with Crippen molar-refractivity contribution in [1.29, 1.82) is 0 Å². The molecule has 0 aromatic heterocycles.